The first-order chi connectivity index (χ1) is 11.1. The molecule has 0 spiro atoms. The van der Waals surface area contributed by atoms with E-state index in [0.29, 0.717) is 24.3 Å². The maximum absolute atomic E-state index is 12.7. The van der Waals surface area contributed by atoms with Crippen LogP contribution >= 0.6 is 0 Å². The van der Waals surface area contributed by atoms with Gasteiger partial charge in [0.15, 0.2) is 0 Å². The van der Waals surface area contributed by atoms with Crippen LogP contribution in [0.1, 0.15) is 49.6 Å². The van der Waals surface area contributed by atoms with Gasteiger partial charge in [0.25, 0.3) is 0 Å². The van der Waals surface area contributed by atoms with E-state index in [0.717, 1.165) is 30.9 Å². The van der Waals surface area contributed by atoms with Gasteiger partial charge in [-0.1, -0.05) is 6.92 Å². The molecule has 1 N–H and O–H groups in total. The van der Waals surface area contributed by atoms with Crippen LogP contribution < -0.4 is 0 Å². The van der Waals surface area contributed by atoms with Crippen molar-refractivity contribution in [1.82, 2.24) is 20.0 Å². The number of aryl methyl sites for hydroxylation is 2. The van der Waals surface area contributed by atoms with Gasteiger partial charge in [0, 0.05) is 37.8 Å². The van der Waals surface area contributed by atoms with Gasteiger partial charge in [0.2, 0.25) is 5.91 Å². The highest BCUT2D eigenvalue weighted by Gasteiger charge is 2.35. The monoisotopic (exact) mass is 318 g/mol. The summed E-state index contributed by atoms with van der Waals surface area (Å²) in [5.74, 6) is 0.988. The number of fused-ring (bicyclic) bond motifs is 4. The molecule has 1 amide bonds. The Bertz CT molecular complexity index is 534. The normalized spacial score (nSPS) is 24.9. The van der Waals surface area contributed by atoms with Crippen LogP contribution in [0.2, 0.25) is 0 Å². The van der Waals surface area contributed by atoms with E-state index in [1.165, 1.54) is 37.9 Å². The van der Waals surface area contributed by atoms with Crippen LogP contribution in [0.15, 0.2) is 0 Å². The SMILES string of the molecule is CCCN1C[C@@H]2CC[C@H]1CN(C(=O)CCc1c(C)n[nH]c1C)C2. The number of nitrogens with zero attached hydrogens (tertiary/aromatic N) is 3. The third kappa shape index (κ3) is 3.60. The lowest BCUT2D eigenvalue weighted by molar-refractivity contribution is -0.131. The number of piperidine rings is 1. The third-order valence-electron chi connectivity index (χ3n) is 5.56. The molecule has 1 aromatic rings. The van der Waals surface area contributed by atoms with E-state index in [4.69, 9.17) is 0 Å². The zero-order valence-corrected chi connectivity index (χ0v) is 14.8. The molecule has 5 nitrogen and oxygen atoms in total. The van der Waals surface area contributed by atoms with Crippen molar-refractivity contribution in [3.63, 3.8) is 0 Å². The van der Waals surface area contributed by atoms with Crippen LogP contribution in [-0.2, 0) is 11.2 Å². The van der Waals surface area contributed by atoms with Crippen molar-refractivity contribution in [2.45, 2.75) is 58.9 Å². The van der Waals surface area contributed by atoms with Crippen LogP contribution in [-0.4, -0.2) is 58.1 Å². The summed E-state index contributed by atoms with van der Waals surface area (Å²) in [6.07, 6.45) is 5.16. The second-order valence-electron chi connectivity index (χ2n) is 7.30. The zero-order chi connectivity index (χ0) is 16.4. The summed E-state index contributed by atoms with van der Waals surface area (Å²) < 4.78 is 0. The second kappa shape index (κ2) is 7.04. The molecule has 4 rings (SSSR count). The molecule has 2 bridgehead atoms. The van der Waals surface area contributed by atoms with Gasteiger partial charge in [0.05, 0.1) is 5.69 Å². The van der Waals surface area contributed by atoms with Gasteiger partial charge in [-0.15, -0.1) is 0 Å². The van der Waals surface area contributed by atoms with Gasteiger partial charge >= 0.3 is 0 Å². The minimum atomic E-state index is 0.320. The fourth-order valence-corrected chi connectivity index (χ4v) is 4.28. The van der Waals surface area contributed by atoms with E-state index in [1.807, 2.05) is 13.8 Å². The van der Waals surface area contributed by atoms with E-state index in [2.05, 4.69) is 26.9 Å². The van der Waals surface area contributed by atoms with Crippen molar-refractivity contribution in [3.8, 4) is 0 Å². The quantitative estimate of drug-likeness (QED) is 0.906. The Balaban J connectivity index is 1.60. The molecule has 2 atom stereocenters. The largest absolute Gasteiger partial charge is 0.341 e. The number of hydrogen-bond donors (Lipinski definition) is 1. The molecule has 3 aliphatic rings. The Morgan fingerprint density at radius 1 is 1.26 bits per heavy atom. The maximum Gasteiger partial charge on any atom is 0.222 e. The zero-order valence-electron chi connectivity index (χ0n) is 14.8. The first-order valence-corrected chi connectivity index (χ1v) is 9.10. The number of hydrogen-bond acceptors (Lipinski definition) is 3. The first kappa shape index (κ1) is 16.5. The summed E-state index contributed by atoms with van der Waals surface area (Å²) in [6.45, 7) is 10.5. The Morgan fingerprint density at radius 2 is 2.09 bits per heavy atom. The van der Waals surface area contributed by atoms with Gasteiger partial charge in [-0.05, 0) is 57.6 Å². The highest BCUT2D eigenvalue weighted by atomic mass is 16.2. The predicted octanol–water partition coefficient (Wildman–Crippen LogP) is 2.29. The van der Waals surface area contributed by atoms with Gasteiger partial charge in [-0.3, -0.25) is 14.8 Å². The number of aromatic amines is 1. The number of carbonyl (C=O) groups is 1. The number of nitrogens with one attached hydrogen (secondary N) is 1. The minimum Gasteiger partial charge on any atom is -0.341 e. The van der Waals surface area contributed by atoms with Gasteiger partial charge in [-0.2, -0.15) is 5.10 Å². The van der Waals surface area contributed by atoms with Crippen molar-refractivity contribution < 1.29 is 4.79 Å². The van der Waals surface area contributed by atoms with Crippen LogP contribution in [0.25, 0.3) is 0 Å². The number of aromatic nitrogens is 2. The van der Waals surface area contributed by atoms with Gasteiger partial charge in [0.1, 0.15) is 0 Å². The number of carbonyl (C=O) groups excluding carboxylic acids is 1. The van der Waals surface area contributed by atoms with Crippen molar-refractivity contribution in [3.05, 3.63) is 17.0 Å². The number of H-pyrrole nitrogens is 1. The molecule has 1 aromatic heterocycles. The Labute approximate surface area is 139 Å². The molecule has 0 unspecified atom stereocenters. The fraction of sp³-hybridized carbons (Fsp3) is 0.778. The number of amides is 1. The summed E-state index contributed by atoms with van der Waals surface area (Å²) >= 11 is 0. The average Bonchev–Trinajstić information content (AvgIpc) is 2.72. The average molecular weight is 318 g/mol. The minimum absolute atomic E-state index is 0.320. The molecule has 0 aliphatic carbocycles. The lowest BCUT2D eigenvalue weighted by Crippen LogP contribution is -2.44. The van der Waals surface area contributed by atoms with E-state index < -0.39 is 0 Å². The molecule has 3 saturated heterocycles. The van der Waals surface area contributed by atoms with E-state index in [-0.39, 0.29) is 0 Å². The van der Waals surface area contributed by atoms with Crippen molar-refractivity contribution in [2.75, 3.05) is 26.2 Å². The molecule has 0 aromatic carbocycles. The van der Waals surface area contributed by atoms with Crippen molar-refractivity contribution in [1.29, 1.82) is 0 Å². The number of rotatable bonds is 5. The second-order valence-corrected chi connectivity index (χ2v) is 7.30. The molecule has 4 heterocycles. The van der Waals surface area contributed by atoms with E-state index in [9.17, 15) is 4.79 Å². The molecule has 3 aliphatic heterocycles. The van der Waals surface area contributed by atoms with Gasteiger partial charge < -0.3 is 4.90 Å². The molecule has 0 radical (unpaired) electrons. The van der Waals surface area contributed by atoms with Crippen LogP contribution in [0.4, 0.5) is 0 Å². The molecule has 23 heavy (non-hydrogen) atoms. The molecular formula is C18H30N4O. The molecule has 128 valence electrons. The summed E-state index contributed by atoms with van der Waals surface area (Å²) in [5, 5.41) is 7.24. The van der Waals surface area contributed by atoms with Crippen LogP contribution in [0, 0.1) is 19.8 Å². The van der Waals surface area contributed by atoms with Crippen molar-refractivity contribution >= 4 is 5.91 Å². The highest BCUT2D eigenvalue weighted by Crippen LogP contribution is 2.28. The van der Waals surface area contributed by atoms with E-state index in [1.54, 1.807) is 0 Å². The highest BCUT2D eigenvalue weighted by molar-refractivity contribution is 5.76. The van der Waals surface area contributed by atoms with Crippen molar-refractivity contribution in [2.24, 2.45) is 5.92 Å². The molecule has 5 heteroatoms. The lowest BCUT2D eigenvalue weighted by atomic mass is 9.95. The smallest absolute Gasteiger partial charge is 0.222 e. The summed E-state index contributed by atoms with van der Waals surface area (Å²) in [4.78, 5) is 17.5. The van der Waals surface area contributed by atoms with Crippen LogP contribution in [0.3, 0.4) is 0 Å². The first-order valence-electron chi connectivity index (χ1n) is 9.10. The lowest BCUT2D eigenvalue weighted by Gasteiger charge is -2.35. The Kier molecular flexibility index (Phi) is 5.05. The summed E-state index contributed by atoms with van der Waals surface area (Å²) in [5.41, 5.74) is 3.34. The standard InChI is InChI=1S/C18H30N4O/c1-4-9-21-10-15-5-6-16(21)12-22(11-15)18(23)8-7-17-13(2)19-20-14(17)3/h15-16H,4-12H2,1-3H3,(H,19,20)/t15-,16-/m0/s1. The van der Waals surface area contributed by atoms with Crippen LogP contribution in [0.5, 0.6) is 0 Å². The Morgan fingerprint density at radius 3 is 2.78 bits per heavy atom. The summed E-state index contributed by atoms with van der Waals surface area (Å²) in [6, 6.07) is 0.579. The topological polar surface area (TPSA) is 52.2 Å². The molecule has 3 fully saturated rings. The molecular weight excluding hydrogens is 288 g/mol. The van der Waals surface area contributed by atoms with Gasteiger partial charge in [-0.25, -0.2) is 0 Å². The molecule has 0 saturated carbocycles. The fourth-order valence-electron chi connectivity index (χ4n) is 4.28. The summed E-state index contributed by atoms with van der Waals surface area (Å²) in [7, 11) is 0. The third-order valence-corrected chi connectivity index (χ3v) is 5.56. The Hall–Kier alpha value is -1.36. The predicted molar refractivity (Wildman–Crippen MR) is 91.3 cm³/mol. The maximum atomic E-state index is 12.7. The van der Waals surface area contributed by atoms with E-state index >= 15 is 0 Å².